The maximum atomic E-state index is 13.6. The minimum atomic E-state index is -4.05. The number of methoxy groups -OCH3 is 2. The van der Waals surface area contributed by atoms with Crippen molar-refractivity contribution in [3.63, 3.8) is 0 Å². The molecular weight excluding hydrogens is 431 g/mol. The van der Waals surface area contributed by atoms with Gasteiger partial charge in [0.25, 0.3) is 0 Å². The van der Waals surface area contributed by atoms with Crippen molar-refractivity contribution in [2.24, 2.45) is 0 Å². The van der Waals surface area contributed by atoms with Crippen LogP contribution in [0.3, 0.4) is 0 Å². The zero-order valence-electron chi connectivity index (χ0n) is 16.8. The largest absolute Gasteiger partial charge is 0.495 e. The van der Waals surface area contributed by atoms with Crippen molar-refractivity contribution in [3.05, 3.63) is 57.6 Å². The van der Waals surface area contributed by atoms with Gasteiger partial charge in [-0.25, -0.2) is 8.42 Å². The highest BCUT2D eigenvalue weighted by atomic mass is 35.5. The number of ether oxygens (including phenoxy) is 2. The molecule has 0 spiro atoms. The fourth-order valence-electron chi connectivity index (χ4n) is 2.87. The van der Waals surface area contributed by atoms with Gasteiger partial charge in [0, 0.05) is 21.2 Å². The van der Waals surface area contributed by atoms with Gasteiger partial charge in [-0.15, -0.1) is 0 Å². The second kappa shape index (κ2) is 10.2. The zero-order valence-corrected chi connectivity index (χ0v) is 19.2. The molecule has 29 heavy (non-hydrogen) atoms. The molecule has 2 rings (SSSR count). The predicted octanol–water partition coefficient (Wildman–Crippen LogP) is 6.69. The smallest absolute Gasteiger partial charge is 0.214 e. The average Bonchev–Trinajstić information content (AvgIpc) is 2.69. The minimum Gasteiger partial charge on any atom is -0.495 e. The van der Waals surface area contributed by atoms with Crippen LogP contribution in [0.5, 0.6) is 11.5 Å². The number of hydrogen-bond acceptors (Lipinski definition) is 4. The van der Waals surface area contributed by atoms with E-state index in [1.807, 2.05) is 26.0 Å². The summed E-state index contributed by atoms with van der Waals surface area (Å²) in [4.78, 5) is -0.0940. The van der Waals surface area contributed by atoms with E-state index in [9.17, 15) is 8.42 Å². The van der Waals surface area contributed by atoms with E-state index in [0.29, 0.717) is 11.1 Å². The zero-order chi connectivity index (χ0) is 21.6. The Morgan fingerprint density at radius 1 is 0.793 bits per heavy atom. The molecule has 0 aliphatic heterocycles. The van der Waals surface area contributed by atoms with Crippen molar-refractivity contribution in [3.8, 4) is 11.5 Å². The van der Waals surface area contributed by atoms with Gasteiger partial charge in [-0.05, 0) is 37.1 Å². The van der Waals surface area contributed by atoms with Gasteiger partial charge < -0.3 is 9.47 Å². The maximum Gasteiger partial charge on any atom is 0.214 e. The molecule has 0 bridgehead atoms. The van der Waals surface area contributed by atoms with E-state index in [2.05, 4.69) is 0 Å². The van der Waals surface area contributed by atoms with Crippen LogP contribution in [-0.2, 0) is 9.84 Å². The van der Waals surface area contributed by atoms with E-state index in [4.69, 9.17) is 32.7 Å². The van der Waals surface area contributed by atoms with Crippen LogP contribution < -0.4 is 9.47 Å². The van der Waals surface area contributed by atoms with Crippen LogP contribution in [0.15, 0.2) is 46.2 Å². The van der Waals surface area contributed by atoms with Crippen molar-refractivity contribution in [1.82, 2.24) is 0 Å². The minimum absolute atomic E-state index is 0.0470. The fourth-order valence-corrected chi connectivity index (χ4v) is 5.14. The van der Waals surface area contributed by atoms with Gasteiger partial charge in [-0.2, -0.15) is 0 Å². The lowest BCUT2D eigenvalue weighted by atomic mass is 10.1. The Labute approximate surface area is 182 Å². The normalized spacial score (nSPS) is 12.1. The number of rotatable bonds is 8. The highest BCUT2D eigenvalue weighted by Crippen LogP contribution is 2.41. The molecule has 2 aromatic rings. The quantitative estimate of drug-likeness (QED) is 0.445. The van der Waals surface area contributed by atoms with Gasteiger partial charge in [-0.3, -0.25) is 0 Å². The molecule has 0 aromatic heterocycles. The molecular formula is C22H24Cl2O4S. The monoisotopic (exact) mass is 454 g/mol. The van der Waals surface area contributed by atoms with Crippen molar-refractivity contribution >= 4 is 45.2 Å². The lowest BCUT2D eigenvalue weighted by Crippen LogP contribution is -2.08. The summed E-state index contributed by atoms with van der Waals surface area (Å²) in [5.74, 6) is 0.429. The third kappa shape index (κ3) is 5.16. The summed E-state index contributed by atoms with van der Waals surface area (Å²) >= 11 is 12.5. The number of allylic oxidation sites excluding steroid dienone is 2. The topological polar surface area (TPSA) is 52.6 Å². The van der Waals surface area contributed by atoms with Crippen LogP contribution in [0, 0.1) is 0 Å². The molecule has 2 aromatic carbocycles. The van der Waals surface area contributed by atoms with Gasteiger partial charge in [0.1, 0.15) is 21.3 Å². The molecule has 0 aliphatic rings. The molecule has 156 valence electrons. The summed E-state index contributed by atoms with van der Waals surface area (Å²) in [6, 6.07) is 6.08. The number of hydrogen-bond donors (Lipinski definition) is 0. The summed E-state index contributed by atoms with van der Waals surface area (Å²) in [6.07, 6.45) is 8.94. The second-order valence-electron chi connectivity index (χ2n) is 6.18. The first-order chi connectivity index (χ1) is 13.8. The lowest BCUT2D eigenvalue weighted by molar-refractivity contribution is 0.397. The molecule has 4 nitrogen and oxygen atoms in total. The van der Waals surface area contributed by atoms with Gasteiger partial charge in [-0.1, -0.05) is 61.4 Å². The summed E-state index contributed by atoms with van der Waals surface area (Å²) < 4.78 is 38.2. The van der Waals surface area contributed by atoms with E-state index in [1.54, 1.807) is 24.3 Å². The SMILES string of the molecule is CCC=Cc1cc(Cl)cc(S(=O)(=O)c2cc(Cl)cc(C=CCC)c2OC)c1OC. The lowest BCUT2D eigenvalue weighted by Gasteiger charge is -2.17. The Balaban J connectivity index is 2.83. The van der Waals surface area contributed by atoms with Crippen LogP contribution in [0.1, 0.15) is 37.8 Å². The first-order valence-corrected chi connectivity index (χ1v) is 11.4. The van der Waals surface area contributed by atoms with E-state index in [-0.39, 0.29) is 31.3 Å². The van der Waals surface area contributed by atoms with E-state index >= 15 is 0 Å². The first-order valence-electron chi connectivity index (χ1n) is 9.13. The number of benzene rings is 2. The molecule has 0 N–H and O–H groups in total. The van der Waals surface area contributed by atoms with Crippen molar-refractivity contribution in [1.29, 1.82) is 0 Å². The standard InChI is InChI=1S/C22H24Cl2O4S/c1-5-7-9-15-11-17(23)13-19(21(15)27-3)29(25,26)20-14-18(24)12-16(10-8-6-2)22(20)28-4/h7-14H,5-6H2,1-4H3. The van der Waals surface area contributed by atoms with Crippen LogP contribution in [0.25, 0.3) is 12.2 Å². The summed E-state index contributed by atoms with van der Waals surface area (Å²) in [7, 11) is -1.20. The molecule has 0 radical (unpaired) electrons. The highest BCUT2D eigenvalue weighted by molar-refractivity contribution is 7.91. The second-order valence-corrected chi connectivity index (χ2v) is 8.94. The van der Waals surface area contributed by atoms with Crippen LogP contribution in [0.2, 0.25) is 10.0 Å². The molecule has 7 heteroatoms. The fraction of sp³-hybridized carbons (Fsp3) is 0.273. The summed E-state index contributed by atoms with van der Waals surface area (Å²) in [5.41, 5.74) is 1.15. The van der Waals surface area contributed by atoms with E-state index < -0.39 is 9.84 Å². The average molecular weight is 455 g/mol. The van der Waals surface area contributed by atoms with E-state index in [1.165, 1.54) is 26.4 Å². The Hall–Kier alpha value is -1.95. The van der Waals surface area contributed by atoms with Crippen molar-refractivity contribution in [2.75, 3.05) is 14.2 Å². The highest BCUT2D eigenvalue weighted by Gasteiger charge is 2.29. The van der Waals surface area contributed by atoms with Gasteiger partial charge >= 0.3 is 0 Å². The molecule has 0 saturated heterocycles. The molecule has 0 amide bonds. The van der Waals surface area contributed by atoms with Gasteiger partial charge in [0.15, 0.2) is 0 Å². The Bertz CT molecular complexity index is 964. The third-order valence-corrected chi connectivity index (χ3v) is 6.35. The van der Waals surface area contributed by atoms with Gasteiger partial charge in [0.2, 0.25) is 9.84 Å². The van der Waals surface area contributed by atoms with Crippen molar-refractivity contribution in [2.45, 2.75) is 36.5 Å². The maximum absolute atomic E-state index is 13.6. The van der Waals surface area contributed by atoms with E-state index in [0.717, 1.165) is 12.8 Å². The molecule has 0 aliphatic carbocycles. The third-order valence-electron chi connectivity index (χ3n) is 4.15. The molecule has 0 saturated carbocycles. The van der Waals surface area contributed by atoms with Gasteiger partial charge in [0.05, 0.1) is 14.2 Å². The summed E-state index contributed by atoms with van der Waals surface area (Å²) in [6.45, 7) is 3.96. The number of sulfone groups is 1. The van der Waals surface area contributed by atoms with Crippen molar-refractivity contribution < 1.29 is 17.9 Å². The number of halogens is 2. The van der Waals surface area contributed by atoms with Crippen LogP contribution >= 0.6 is 23.2 Å². The Kier molecular flexibility index (Phi) is 8.20. The molecule has 0 unspecified atom stereocenters. The first kappa shape index (κ1) is 23.3. The van der Waals surface area contributed by atoms with Crippen LogP contribution in [-0.4, -0.2) is 22.6 Å². The molecule has 0 heterocycles. The van der Waals surface area contributed by atoms with Crippen LogP contribution in [0.4, 0.5) is 0 Å². The predicted molar refractivity (Wildman–Crippen MR) is 120 cm³/mol. The molecule has 0 fully saturated rings. The Morgan fingerprint density at radius 2 is 1.17 bits per heavy atom. The summed E-state index contributed by atoms with van der Waals surface area (Å²) in [5, 5.41) is 0.569. The Morgan fingerprint density at radius 3 is 1.48 bits per heavy atom. The molecule has 0 atom stereocenters.